The molecule has 3 N–H and O–H groups in total. The Morgan fingerprint density at radius 2 is 2.00 bits per heavy atom. The van der Waals surface area contributed by atoms with Crippen LogP contribution in [-0.2, 0) is 4.79 Å². The summed E-state index contributed by atoms with van der Waals surface area (Å²) < 4.78 is 5.33. The Hall–Kier alpha value is -1.55. The van der Waals surface area contributed by atoms with E-state index < -0.39 is 5.97 Å². The summed E-state index contributed by atoms with van der Waals surface area (Å²) in [6.45, 7) is 4.36. The van der Waals surface area contributed by atoms with Crippen LogP contribution in [0.25, 0.3) is 0 Å². The summed E-state index contributed by atoms with van der Waals surface area (Å²) in [4.78, 5) is 10.8. The second kappa shape index (κ2) is 6.25. The van der Waals surface area contributed by atoms with Crippen LogP contribution >= 0.6 is 0 Å². The van der Waals surface area contributed by atoms with Crippen molar-refractivity contribution in [1.29, 1.82) is 0 Å². The first kappa shape index (κ1) is 13.5. The molecule has 0 spiro atoms. The Balaban J connectivity index is 2.83. The van der Waals surface area contributed by atoms with Crippen LogP contribution in [0.5, 0.6) is 5.75 Å². The fraction of sp³-hybridized carbons (Fsp3) is 0.462. The zero-order chi connectivity index (χ0) is 12.8. The molecule has 0 radical (unpaired) electrons. The molecule has 1 rings (SSSR count). The largest absolute Gasteiger partial charge is 0.494 e. The first-order valence-electron chi connectivity index (χ1n) is 5.74. The van der Waals surface area contributed by atoms with Crippen LogP contribution in [0, 0.1) is 0 Å². The van der Waals surface area contributed by atoms with Gasteiger partial charge in [0.25, 0.3) is 0 Å². The summed E-state index contributed by atoms with van der Waals surface area (Å²) in [7, 11) is 0. The number of nitrogens with two attached hydrogens (primary N) is 1. The number of carboxylic acids is 1. The lowest BCUT2D eigenvalue weighted by Gasteiger charge is -2.19. The lowest BCUT2D eigenvalue weighted by molar-refractivity contribution is -0.137. The zero-order valence-corrected chi connectivity index (χ0v) is 10.2. The first-order valence-corrected chi connectivity index (χ1v) is 5.74. The number of hydrogen-bond acceptors (Lipinski definition) is 3. The molecule has 0 fully saturated rings. The summed E-state index contributed by atoms with van der Waals surface area (Å²) in [5.41, 5.74) is 6.76. The topological polar surface area (TPSA) is 72.5 Å². The third-order valence-electron chi connectivity index (χ3n) is 2.65. The van der Waals surface area contributed by atoms with Crippen LogP contribution in [0.2, 0.25) is 0 Å². The van der Waals surface area contributed by atoms with Crippen molar-refractivity contribution in [2.45, 2.75) is 32.2 Å². The summed E-state index contributed by atoms with van der Waals surface area (Å²) in [6.07, 6.45) is 0.0473. The maximum atomic E-state index is 10.8. The van der Waals surface area contributed by atoms with E-state index in [0.717, 1.165) is 11.3 Å². The maximum absolute atomic E-state index is 10.8. The van der Waals surface area contributed by atoms with Gasteiger partial charge in [0.1, 0.15) is 5.75 Å². The van der Waals surface area contributed by atoms with Crippen molar-refractivity contribution in [3.05, 3.63) is 29.8 Å². The second-order valence-corrected chi connectivity index (χ2v) is 4.07. The summed E-state index contributed by atoms with van der Waals surface area (Å²) in [6, 6.07) is 7.25. The minimum absolute atomic E-state index is 0.0473. The molecule has 0 amide bonds. The van der Waals surface area contributed by atoms with Crippen LogP contribution in [0.15, 0.2) is 24.3 Å². The molecule has 94 valence electrons. The molecule has 0 aliphatic heterocycles. The van der Waals surface area contributed by atoms with Crippen molar-refractivity contribution >= 4 is 5.97 Å². The fourth-order valence-corrected chi connectivity index (χ4v) is 1.77. The van der Waals surface area contributed by atoms with Crippen LogP contribution in [0.1, 0.15) is 31.7 Å². The van der Waals surface area contributed by atoms with Crippen molar-refractivity contribution in [3.8, 4) is 5.75 Å². The number of hydrogen-bond donors (Lipinski definition) is 2. The van der Waals surface area contributed by atoms with Crippen LogP contribution in [0.3, 0.4) is 0 Å². The van der Waals surface area contributed by atoms with Gasteiger partial charge in [0, 0.05) is 12.0 Å². The predicted octanol–water partition coefficient (Wildman–Crippen LogP) is 1.99. The minimum atomic E-state index is -0.832. The fourth-order valence-electron chi connectivity index (χ4n) is 1.77. The molecule has 0 aliphatic rings. The average Bonchev–Trinajstić information content (AvgIpc) is 2.27. The van der Waals surface area contributed by atoms with Gasteiger partial charge in [0.15, 0.2) is 0 Å². The number of rotatable bonds is 6. The van der Waals surface area contributed by atoms with Gasteiger partial charge in [-0.2, -0.15) is 0 Å². The van der Waals surface area contributed by atoms with Crippen molar-refractivity contribution in [2.75, 3.05) is 6.61 Å². The Morgan fingerprint density at radius 3 is 2.41 bits per heavy atom. The lowest BCUT2D eigenvalue weighted by Crippen LogP contribution is -2.26. The SMILES string of the molecule is CCOc1ccc(C(CC(=O)O)C(C)N)cc1. The lowest BCUT2D eigenvalue weighted by atomic mass is 9.90. The summed E-state index contributed by atoms with van der Waals surface area (Å²) in [5, 5.41) is 8.85. The van der Waals surface area contributed by atoms with Gasteiger partial charge in [-0.15, -0.1) is 0 Å². The Morgan fingerprint density at radius 1 is 1.41 bits per heavy atom. The molecular formula is C13H19NO3. The molecular weight excluding hydrogens is 218 g/mol. The van der Waals surface area contributed by atoms with E-state index in [1.165, 1.54) is 0 Å². The summed E-state index contributed by atoms with van der Waals surface area (Å²) >= 11 is 0. The molecule has 2 atom stereocenters. The monoisotopic (exact) mass is 237 g/mol. The molecule has 17 heavy (non-hydrogen) atoms. The van der Waals surface area contributed by atoms with E-state index in [1.54, 1.807) is 0 Å². The van der Waals surface area contributed by atoms with Crippen molar-refractivity contribution in [3.63, 3.8) is 0 Å². The highest BCUT2D eigenvalue weighted by Crippen LogP contribution is 2.24. The number of aliphatic carboxylic acids is 1. The zero-order valence-electron chi connectivity index (χ0n) is 10.2. The van der Waals surface area contributed by atoms with Gasteiger partial charge in [-0.3, -0.25) is 4.79 Å². The minimum Gasteiger partial charge on any atom is -0.494 e. The Kier molecular flexibility index (Phi) is 4.97. The molecule has 0 saturated carbocycles. The van der Waals surface area contributed by atoms with E-state index in [2.05, 4.69) is 0 Å². The quantitative estimate of drug-likeness (QED) is 0.793. The molecule has 4 nitrogen and oxygen atoms in total. The highest BCUT2D eigenvalue weighted by molar-refractivity contribution is 5.68. The normalized spacial score (nSPS) is 14.1. The number of ether oxygens (including phenoxy) is 1. The third kappa shape index (κ3) is 4.07. The molecule has 0 aromatic heterocycles. The van der Waals surface area contributed by atoms with Gasteiger partial charge in [-0.1, -0.05) is 12.1 Å². The van der Waals surface area contributed by atoms with E-state index in [9.17, 15) is 4.79 Å². The molecule has 0 aliphatic carbocycles. The van der Waals surface area contributed by atoms with Crippen LogP contribution < -0.4 is 10.5 Å². The average molecular weight is 237 g/mol. The standard InChI is InChI=1S/C13H19NO3/c1-3-17-11-6-4-10(5-7-11)12(9(2)14)8-13(15)16/h4-7,9,12H,3,8,14H2,1-2H3,(H,15,16). The van der Waals surface area contributed by atoms with E-state index in [4.69, 9.17) is 15.6 Å². The molecule has 1 aromatic carbocycles. The summed E-state index contributed by atoms with van der Waals surface area (Å²) in [5.74, 6) is -0.209. The van der Waals surface area contributed by atoms with Crippen molar-refractivity contribution < 1.29 is 14.6 Å². The Labute approximate surface area is 101 Å². The van der Waals surface area contributed by atoms with E-state index in [-0.39, 0.29) is 18.4 Å². The van der Waals surface area contributed by atoms with Gasteiger partial charge in [0.05, 0.1) is 13.0 Å². The van der Waals surface area contributed by atoms with Gasteiger partial charge in [-0.05, 0) is 31.5 Å². The van der Waals surface area contributed by atoms with Crippen molar-refractivity contribution in [2.24, 2.45) is 5.73 Å². The van der Waals surface area contributed by atoms with E-state index >= 15 is 0 Å². The smallest absolute Gasteiger partial charge is 0.304 e. The van der Waals surface area contributed by atoms with Crippen LogP contribution in [-0.4, -0.2) is 23.7 Å². The van der Waals surface area contributed by atoms with Gasteiger partial charge >= 0.3 is 5.97 Å². The van der Waals surface area contributed by atoms with E-state index in [0.29, 0.717) is 6.61 Å². The van der Waals surface area contributed by atoms with Crippen molar-refractivity contribution in [1.82, 2.24) is 0 Å². The molecule has 2 unspecified atom stereocenters. The molecule has 0 heterocycles. The highest BCUT2D eigenvalue weighted by Gasteiger charge is 2.19. The maximum Gasteiger partial charge on any atom is 0.304 e. The molecule has 0 bridgehead atoms. The highest BCUT2D eigenvalue weighted by atomic mass is 16.5. The first-order chi connectivity index (χ1) is 8.04. The molecule has 1 aromatic rings. The number of carbonyl (C=O) groups is 1. The molecule has 0 saturated heterocycles. The van der Waals surface area contributed by atoms with Gasteiger partial charge in [-0.25, -0.2) is 0 Å². The van der Waals surface area contributed by atoms with Gasteiger partial charge in [0.2, 0.25) is 0 Å². The number of benzene rings is 1. The Bertz CT molecular complexity index is 359. The third-order valence-corrected chi connectivity index (χ3v) is 2.65. The predicted molar refractivity (Wildman–Crippen MR) is 66.3 cm³/mol. The van der Waals surface area contributed by atoms with E-state index in [1.807, 2.05) is 38.1 Å². The van der Waals surface area contributed by atoms with Crippen LogP contribution in [0.4, 0.5) is 0 Å². The second-order valence-electron chi connectivity index (χ2n) is 4.07. The molecule has 4 heteroatoms. The van der Waals surface area contributed by atoms with Gasteiger partial charge < -0.3 is 15.6 Å². The number of carboxylic acid groups (broad SMARTS) is 1.